The van der Waals surface area contributed by atoms with E-state index in [9.17, 15) is 4.79 Å². The molecule has 0 radical (unpaired) electrons. The lowest BCUT2D eigenvalue weighted by molar-refractivity contribution is -0.118. The SMILES string of the molecule is O=C(CSCc1cn(-c2ccccc2)nc1-c1ccccc1)NCC1CC1. The predicted molar refractivity (Wildman–Crippen MR) is 111 cm³/mol. The van der Waals surface area contributed by atoms with Crippen molar-refractivity contribution in [2.75, 3.05) is 12.3 Å². The summed E-state index contributed by atoms with van der Waals surface area (Å²) in [6.07, 6.45) is 4.59. The molecule has 1 amide bonds. The molecule has 3 aromatic rings. The molecule has 0 unspecified atom stereocenters. The third-order valence-electron chi connectivity index (χ3n) is 4.63. The molecule has 0 atom stereocenters. The van der Waals surface area contributed by atoms with Gasteiger partial charge in [0, 0.05) is 29.6 Å². The summed E-state index contributed by atoms with van der Waals surface area (Å²) in [7, 11) is 0. The maximum atomic E-state index is 12.0. The van der Waals surface area contributed by atoms with Gasteiger partial charge in [-0.2, -0.15) is 5.10 Å². The average molecular weight is 378 g/mol. The van der Waals surface area contributed by atoms with Crippen LogP contribution < -0.4 is 5.32 Å². The van der Waals surface area contributed by atoms with Crippen LogP contribution in [0.1, 0.15) is 18.4 Å². The molecule has 1 saturated carbocycles. The second-order valence-corrected chi connectivity index (χ2v) is 7.87. The summed E-state index contributed by atoms with van der Waals surface area (Å²) >= 11 is 1.64. The zero-order valence-electron chi connectivity index (χ0n) is 15.2. The fourth-order valence-electron chi connectivity index (χ4n) is 2.95. The van der Waals surface area contributed by atoms with Gasteiger partial charge in [0.25, 0.3) is 0 Å². The van der Waals surface area contributed by atoms with Crippen molar-refractivity contribution in [1.29, 1.82) is 0 Å². The number of amides is 1. The third kappa shape index (κ3) is 4.80. The quantitative estimate of drug-likeness (QED) is 0.637. The lowest BCUT2D eigenvalue weighted by atomic mass is 10.1. The van der Waals surface area contributed by atoms with Gasteiger partial charge < -0.3 is 5.32 Å². The van der Waals surface area contributed by atoms with Crippen LogP contribution in [-0.2, 0) is 10.5 Å². The molecule has 1 aliphatic rings. The van der Waals surface area contributed by atoms with Crippen LogP contribution in [0.4, 0.5) is 0 Å². The number of carbonyl (C=O) groups excluding carboxylic acids is 1. The number of carbonyl (C=O) groups is 1. The summed E-state index contributed by atoms with van der Waals surface area (Å²) in [6.45, 7) is 0.834. The fraction of sp³-hybridized carbons (Fsp3) is 0.273. The van der Waals surface area contributed by atoms with Crippen molar-refractivity contribution in [3.63, 3.8) is 0 Å². The number of aromatic nitrogens is 2. The fourth-order valence-corrected chi connectivity index (χ4v) is 3.77. The van der Waals surface area contributed by atoms with Gasteiger partial charge in [-0.15, -0.1) is 11.8 Å². The number of hydrogen-bond acceptors (Lipinski definition) is 3. The van der Waals surface area contributed by atoms with Crippen LogP contribution in [0, 0.1) is 5.92 Å². The van der Waals surface area contributed by atoms with E-state index in [-0.39, 0.29) is 5.91 Å². The van der Waals surface area contributed by atoms with Crippen molar-refractivity contribution < 1.29 is 4.79 Å². The number of nitrogens with zero attached hydrogens (tertiary/aromatic N) is 2. The maximum Gasteiger partial charge on any atom is 0.230 e. The predicted octanol–water partition coefficient (Wildman–Crippen LogP) is 4.30. The highest BCUT2D eigenvalue weighted by molar-refractivity contribution is 7.99. The second kappa shape index (κ2) is 8.44. The topological polar surface area (TPSA) is 46.9 Å². The van der Waals surface area contributed by atoms with Gasteiger partial charge in [-0.3, -0.25) is 4.79 Å². The van der Waals surface area contributed by atoms with Gasteiger partial charge in [0.15, 0.2) is 0 Å². The first-order chi connectivity index (χ1) is 13.3. The van der Waals surface area contributed by atoms with Crippen molar-refractivity contribution in [1.82, 2.24) is 15.1 Å². The van der Waals surface area contributed by atoms with Gasteiger partial charge in [0.2, 0.25) is 5.91 Å². The minimum Gasteiger partial charge on any atom is -0.355 e. The van der Waals surface area contributed by atoms with E-state index in [1.807, 2.05) is 53.2 Å². The number of para-hydroxylation sites is 1. The highest BCUT2D eigenvalue weighted by Crippen LogP contribution is 2.28. The highest BCUT2D eigenvalue weighted by atomic mass is 32.2. The largest absolute Gasteiger partial charge is 0.355 e. The van der Waals surface area contributed by atoms with Crippen LogP contribution >= 0.6 is 11.8 Å². The molecule has 4 rings (SSSR count). The normalized spacial score (nSPS) is 13.5. The van der Waals surface area contributed by atoms with Crippen LogP contribution in [0.2, 0.25) is 0 Å². The zero-order chi connectivity index (χ0) is 18.5. The molecule has 1 aliphatic carbocycles. The number of hydrogen-bond donors (Lipinski definition) is 1. The molecule has 1 heterocycles. The number of rotatable bonds is 8. The van der Waals surface area contributed by atoms with Gasteiger partial charge in [0.05, 0.1) is 17.1 Å². The Hall–Kier alpha value is -2.53. The Morgan fingerprint density at radius 3 is 2.48 bits per heavy atom. The molecule has 4 nitrogen and oxygen atoms in total. The van der Waals surface area contributed by atoms with E-state index in [4.69, 9.17) is 5.10 Å². The Labute approximate surface area is 164 Å². The first kappa shape index (κ1) is 17.9. The molecule has 1 aromatic heterocycles. The van der Waals surface area contributed by atoms with Crippen molar-refractivity contribution in [2.24, 2.45) is 5.92 Å². The van der Waals surface area contributed by atoms with E-state index in [0.29, 0.717) is 11.7 Å². The Balaban J connectivity index is 1.47. The Kier molecular flexibility index (Phi) is 5.58. The van der Waals surface area contributed by atoms with Crippen LogP contribution in [0.3, 0.4) is 0 Å². The van der Waals surface area contributed by atoms with E-state index < -0.39 is 0 Å². The first-order valence-corrected chi connectivity index (χ1v) is 10.5. The third-order valence-corrected chi connectivity index (χ3v) is 5.61. The van der Waals surface area contributed by atoms with Gasteiger partial charge in [-0.25, -0.2) is 4.68 Å². The minimum absolute atomic E-state index is 0.128. The molecule has 138 valence electrons. The van der Waals surface area contributed by atoms with Crippen LogP contribution in [0.5, 0.6) is 0 Å². The van der Waals surface area contributed by atoms with E-state index in [0.717, 1.165) is 34.8 Å². The minimum atomic E-state index is 0.128. The molecule has 1 N–H and O–H groups in total. The maximum absolute atomic E-state index is 12.0. The van der Waals surface area contributed by atoms with Crippen molar-refractivity contribution in [3.8, 4) is 16.9 Å². The monoisotopic (exact) mass is 377 g/mol. The molecule has 0 bridgehead atoms. The summed E-state index contributed by atoms with van der Waals surface area (Å²) in [6, 6.07) is 20.3. The number of nitrogens with one attached hydrogen (secondary N) is 1. The van der Waals surface area contributed by atoms with E-state index in [1.54, 1.807) is 11.8 Å². The van der Waals surface area contributed by atoms with E-state index in [1.165, 1.54) is 12.8 Å². The molecule has 0 aliphatic heterocycles. The van der Waals surface area contributed by atoms with Gasteiger partial charge >= 0.3 is 0 Å². The molecular formula is C22H23N3OS. The molecule has 5 heteroatoms. The Morgan fingerprint density at radius 2 is 1.78 bits per heavy atom. The average Bonchev–Trinajstić information content (AvgIpc) is 3.46. The molecule has 0 spiro atoms. The highest BCUT2D eigenvalue weighted by Gasteiger charge is 2.21. The van der Waals surface area contributed by atoms with Crippen molar-refractivity contribution in [2.45, 2.75) is 18.6 Å². The Morgan fingerprint density at radius 1 is 1.07 bits per heavy atom. The van der Waals surface area contributed by atoms with Crippen molar-refractivity contribution >= 4 is 17.7 Å². The molecule has 2 aromatic carbocycles. The summed E-state index contributed by atoms with van der Waals surface area (Å²) in [5, 5.41) is 7.85. The summed E-state index contributed by atoms with van der Waals surface area (Å²) in [4.78, 5) is 12.0. The molecule has 1 fully saturated rings. The van der Waals surface area contributed by atoms with Crippen LogP contribution in [0.25, 0.3) is 16.9 Å². The molecular weight excluding hydrogens is 354 g/mol. The summed E-state index contributed by atoms with van der Waals surface area (Å²) in [5.41, 5.74) is 4.25. The van der Waals surface area contributed by atoms with Gasteiger partial charge in [-0.1, -0.05) is 48.5 Å². The van der Waals surface area contributed by atoms with Gasteiger partial charge in [0.1, 0.15) is 0 Å². The lowest BCUT2D eigenvalue weighted by Gasteiger charge is -2.04. The first-order valence-electron chi connectivity index (χ1n) is 9.33. The van der Waals surface area contributed by atoms with Gasteiger partial charge in [-0.05, 0) is 30.9 Å². The van der Waals surface area contributed by atoms with E-state index >= 15 is 0 Å². The van der Waals surface area contributed by atoms with Crippen molar-refractivity contribution in [3.05, 3.63) is 72.4 Å². The zero-order valence-corrected chi connectivity index (χ0v) is 16.0. The molecule has 27 heavy (non-hydrogen) atoms. The second-order valence-electron chi connectivity index (χ2n) is 6.89. The molecule has 0 saturated heterocycles. The van der Waals surface area contributed by atoms with Crippen LogP contribution in [-0.4, -0.2) is 28.0 Å². The van der Waals surface area contributed by atoms with E-state index in [2.05, 4.69) is 23.6 Å². The lowest BCUT2D eigenvalue weighted by Crippen LogP contribution is -2.27. The van der Waals surface area contributed by atoms with Crippen LogP contribution in [0.15, 0.2) is 66.9 Å². The smallest absolute Gasteiger partial charge is 0.230 e. The summed E-state index contributed by atoms with van der Waals surface area (Å²) < 4.78 is 1.92. The Bertz CT molecular complexity index is 888. The number of benzene rings is 2. The standard InChI is InChI=1S/C22H23N3OS/c26-21(23-13-17-11-12-17)16-27-15-19-14-25(20-9-5-2-6-10-20)24-22(19)18-7-3-1-4-8-18/h1-10,14,17H,11-13,15-16H2,(H,23,26). The summed E-state index contributed by atoms with van der Waals surface area (Å²) in [5.74, 6) is 2.09. The number of thioether (sulfide) groups is 1.